The Labute approximate surface area is 159 Å². The molecule has 1 amide bonds. The van der Waals surface area contributed by atoms with E-state index >= 15 is 0 Å². The summed E-state index contributed by atoms with van der Waals surface area (Å²) in [5.41, 5.74) is 0.601. The number of carbonyl (C=O) groups excluding carboxylic acids is 1. The number of rotatable bonds is 5. The van der Waals surface area contributed by atoms with Crippen molar-refractivity contribution >= 4 is 21.8 Å². The zero-order chi connectivity index (χ0) is 18.0. The number of H-pyrrole nitrogens is 1. The molecule has 2 N–H and O–H groups in total. The lowest BCUT2D eigenvalue weighted by molar-refractivity contribution is -0.126. The van der Waals surface area contributed by atoms with Crippen LogP contribution in [0.5, 0.6) is 0 Å². The number of aromatic amines is 1. The van der Waals surface area contributed by atoms with E-state index in [9.17, 15) is 4.79 Å². The lowest BCUT2D eigenvalue weighted by Crippen LogP contribution is -2.42. The van der Waals surface area contributed by atoms with E-state index in [-0.39, 0.29) is 5.91 Å². The third-order valence-electron chi connectivity index (χ3n) is 4.96. The molecule has 26 heavy (non-hydrogen) atoms. The number of hydrogen-bond acceptors (Lipinski definition) is 4. The molecule has 4 rings (SSSR count). The second-order valence-electron chi connectivity index (χ2n) is 6.57. The van der Waals surface area contributed by atoms with Crippen LogP contribution in [0.15, 0.2) is 51.6 Å². The normalized spacial score (nSPS) is 15.9. The van der Waals surface area contributed by atoms with Crippen molar-refractivity contribution in [2.45, 2.75) is 37.6 Å². The van der Waals surface area contributed by atoms with Gasteiger partial charge in [0.05, 0.1) is 18.2 Å². The third-order valence-corrected chi connectivity index (χ3v) is 5.45. The molecule has 6 nitrogen and oxygen atoms in total. The summed E-state index contributed by atoms with van der Waals surface area (Å²) in [5.74, 6) is 1.73. The van der Waals surface area contributed by atoms with Gasteiger partial charge in [0.15, 0.2) is 5.76 Å². The van der Waals surface area contributed by atoms with Crippen molar-refractivity contribution in [1.82, 2.24) is 20.5 Å². The number of aromatic nitrogens is 3. The van der Waals surface area contributed by atoms with Crippen LogP contribution in [0.4, 0.5) is 0 Å². The molecular formula is C19H19BrN4O2. The maximum absolute atomic E-state index is 13.1. The van der Waals surface area contributed by atoms with Crippen LogP contribution >= 0.6 is 15.9 Å². The maximum Gasteiger partial charge on any atom is 0.231 e. The Morgan fingerprint density at radius 1 is 1.27 bits per heavy atom. The third kappa shape index (κ3) is 3.19. The molecule has 1 fully saturated rings. The van der Waals surface area contributed by atoms with Crippen molar-refractivity contribution in [3.05, 3.63) is 58.5 Å². The van der Waals surface area contributed by atoms with E-state index in [1.54, 1.807) is 18.4 Å². The molecule has 0 saturated heterocycles. The molecule has 0 spiro atoms. The minimum Gasteiger partial charge on any atom is -0.461 e. The van der Waals surface area contributed by atoms with Crippen LogP contribution in [0.2, 0.25) is 0 Å². The Hall–Kier alpha value is -2.41. The molecule has 3 aromatic rings. The van der Waals surface area contributed by atoms with Crippen molar-refractivity contribution in [2.75, 3.05) is 0 Å². The van der Waals surface area contributed by atoms with E-state index in [1.807, 2.05) is 24.3 Å². The molecule has 1 aliphatic carbocycles. The first-order chi connectivity index (χ1) is 12.7. The van der Waals surface area contributed by atoms with Crippen LogP contribution in [0.25, 0.3) is 11.6 Å². The van der Waals surface area contributed by atoms with Gasteiger partial charge in [0.1, 0.15) is 5.82 Å². The summed E-state index contributed by atoms with van der Waals surface area (Å²) >= 11 is 3.52. The highest BCUT2D eigenvalue weighted by Gasteiger charge is 2.42. The molecule has 1 aliphatic rings. The van der Waals surface area contributed by atoms with E-state index in [1.165, 1.54) is 0 Å². The number of nitrogens with zero attached hydrogens (tertiary/aromatic N) is 2. The van der Waals surface area contributed by atoms with Gasteiger partial charge in [0.2, 0.25) is 11.7 Å². The fraction of sp³-hybridized carbons (Fsp3) is 0.316. The summed E-state index contributed by atoms with van der Waals surface area (Å²) in [6.07, 6.45) is 5.43. The van der Waals surface area contributed by atoms with Crippen molar-refractivity contribution in [1.29, 1.82) is 0 Å². The highest BCUT2D eigenvalue weighted by atomic mass is 79.9. The highest BCUT2D eigenvalue weighted by Crippen LogP contribution is 2.42. The lowest BCUT2D eigenvalue weighted by Gasteiger charge is -2.28. The van der Waals surface area contributed by atoms with Gasteiger partial charge in [0, 0.05) is 4.47 Å². The SMILES string of the molecule is O=C(NCc1nc(-c2ccco2)n[nH]1)C1(c2cccc(Br)c2)CCCC1. The first kappa shape index (κ1) is 17.0. The average molecular weight is 415 g/mol. The van der Waals surface area contributed by atoms with Gasteiger partial charge in [-0.05, 0) is 42.7 Å². The second-order valence-corrected chi connectivity index (χ2v) is 7.48. The molecule has 0 aliphatic heterocycles. The Bertz CT molecular complexity index is 898. The second kappa shape index (κ2) is 7.07. The van der Waals surface area contributed by atoms with E-state index < -0.39 is 5.41 Å². The van der Waals surface area contributed by atoms with Gasteiger partial charge in [-0.2, -0.15) is 0 Å². The zero-order valence-electron chi connectivity index (χ0n) is 14.2. The summed E-state index contributed by atoms with van der Waals surface area (Å²) in [5, 5.41) is 10.0. The van der Waals surface area contributed by atoms with E-state index in [0.717, 1.165) is 35.7 Å². The molecular weight excluding hydrogens is 396 g/mol. The molecule has 134 valence electrons. The number of benzene rings is 1. The lowest BCUT2D eigenvalue weighted by atomic mass is 9.78. The highest BCUT2D eigenvalue weighted by molar-refractivity contribution is 9.10. The topological polar surface area (TPSA) is 83.8 Å². The monoisotopic (exact) mass is 414 g/mol. The van der Waals surface area contributed by atoms with Gasteiger partial charge in [-0.25, -0.2) is 4.98 Å². The molecule has 0 unspecified atom stereocenters. The van der Waals surface area contributed by atoms with Gasteiger partial charge in [-0.1, -0.05) is 40.9 Å². The predicted molar refractivity (Wildman–Crippen MR) is 100 cm³/mol. The first-order valence-electron chi connectivity index (χ1n) is 8.67. The van der Waals surface area contributed by atoms with Gasteiger partial charge in [-0.15, -0.1) is 5.10 Å². The Kier molecular flexibility index (Phi) is 4.63. The molecule has 0 bridgehead atoms. The predicted octanol–water partition coefficient (Wildman–Crippen LogP) is 3.96. The number of hydrogen-bond donors (Lipinski definition) is 2. The van der Waals surface area contributed by atoms with Crippen molar-refractivity contribution < 1.29 is 9.21 Å². The fourth-order valence-electron chi connectivity index (χ4n) is 3.64. The first-order valence-corrected chi connectivity index (χ1v) is 9.46. The Balaban J connectivity index is 1.49. The molecule has 0 atom stereocenters. The number of carbonyl (C=O) groups is 1. The molecule has 2 aromatic heterocycles. The van der Waals surface area contributed by atoms with E-state index in [2.05, 4.69) is 36.4 Å². The zero-order valence-corrected chi connectivity index (χ0v) is 15.8. The standard InChI is InChI=1S/C19H19BrN4O2/c20-14-6-3-5-13(11-14)19(8-1-2-9-19)18(25)21-12-16-22-17(24-23-16)15-7-4-10-26-15/h3-7,10-11H,1-2,8-9,12H2,(H,21,25)(H,22,23,24). The van der Waals surface area contributed by atoms with Crippen LogP contribution < -0.4 is 5.32 Å². The number of amides is 1. The van der Waals surface area contributed by atoms with Gasteiger partial charge in [0.25, 0.3) is 0 Å². The Morgan fingerprint density at radius 2 is 2.12 bits per heavy atom. The van der Waals surface area contributed by atoms with Crippen molar-refractivity contribution in [3.8, 4) is 11.6 Å². The smallest absolute Gasteiger partial charge is 0.231 e. The van der Waals surface area contributed by atoms with Gasteiger partial charge < -0.3 is 9.73 Å². The van der Waals surface area contributed by atoms with Crippen LogP contribution in [0.3, 0.4) is 0 Å². The quantitative estimate of drug-likeness (QED) is 0.661. The summed E-state index contributed by atoms with van der Waals surface area (Å²) < 4.78 is 6.28. The minimum atomic E-state index is -0.465. The Morgan fingerprint density at radius 3 is 2.85 bits per heavy atom. The molecule has 7 heteroatoms. The molecule has 1 aromatic carbocycles. The van der Waals surface area contributed by atoms with Gasteiger partial charge >= 0.3 is 0 Å². The maximum atomic E-state index is 13.1. The van der Waals surface area contributed by atoms with Crippen molar-refractivity contribution in [2.24, 2.45) is 0 Å². The molecule has 2 heterocycles. The summed E-state index contributed by atoms with van der Waals surface area (Å²) in [4.78, 5) is 17.5. The minimum absolute atomic E-state index is 0.0454. The average Bonchev–Trinajstić information content (AvgIpc) is 3.41. The van der Waals surface area contributed by atoms with E-state index in [4.69, 9.17) is 4.42 Å². The van der Waals surface area contributed by atoms with Crippen LogP contribution in [0.1, 0.15) is 37.1 Å². The van der Waals surface area contributed by atoms with Gasteiger partial charge in [-0.3, -0.25) is 9.89 Å². The summed E-state index contributed by atoms with van der Waals surface area (Å²) in [6.45, 7) is 0.308. The number of furan rings is 1. The van der Waals surface area contributed by atoms with Crippen molar-refractivity contribution in [3.63, 3.8) is 0 Å². The van der Waals surface area contributed by atoms with E-state index in [0.29, 0.717) is 24.0 Å². The van der Waals surface area contributed by atoms with Crippen LogP contribution in [-0.2, 0) is 16.8 Å². The summed E-state index contributed by atoms with van der Waals surface area (Å²) in [7, 11) is 0. The molecule has 1 saturated carbocycles. The van der Waals surface area contributed by atoms with Crippen LogP contribution in [-0.4, -0.2) is 21.1 Å². The largest absolute Gasteiger partial charge is 0.461 e. The van der Waals surface area contributed by atoms with Crippen LogP contribution in [0, 0.1) is 0 Å². The fourth-order valence-corrected chi connectivity index (χ4v) is 4.03. The summed E-state index contributed by atoms with van der Waals surface area (Å²) in [6, 6.07) is 11.6. The molecule has 0 radical (unpaired) electrons. The number of halogens is 1. The number of nitrogens with one attached hydrogen (secondary N) is 2.